The van der Waals surface area contributed by atoms with Gasteiger partial charge in [0.25, 0.3) is 5.91 Å². The highest BCUT2D eigenvalue weighted by Crippen LogP contribution is 2.32. The third-order valence-electron chi connectivity index (χ3n) is 3.83. The van der Waals surface area contributed by atoms with E-state index in [1.807, 2.05) is 25.1 Å². The van der Waals surface area contributed by atoms with E-state index in [4.69, 9.17) is 17.3 Å². The molecule has 3 rings (SSSR count). The highest BCUT2D eigenvalue weighted by Gasteiger charge is 2.30. The van der Waals surface area contributed by atoms with Crippen LogP contribution in [0.1, 0.15) is 29.3 Å². The van der Waals surface area contributed by atoms with E-state index in [1.54, 1.807) is 11.0 Å². The Bertz CT molecular complexity index is 702. The number of fused-ring (bicyclic) bond motifs is 1. The molecular weight excluding hydrogens is 286 g/mol. The molecule has 0 saturated heterocycles. The van der Waals surface area contributed by atoms with Gasteiger partial charge in [-0.05, 0) is 37.5 Å². The summed E-state index contributed by atoms with van der Waals surface area (Å²) < 4.78 is 0. The molecule has 2 aromatic rings. The molecule has 2 heterocycles. The van der Waals surface area contributed by atoms with Crippen LogP contribution in [0.4, 0.5) is 11.4 Å². The number of para-hydroxylation sites is 1. The molecule has 0 fully saturated rings. The molecule has 0 bridgehead atoms. The molecule has 2 N–H and O–H groups in total. The molecule has 5 heteroatoms. The molecule has 0 aliphatic carbocycles. The summed E-state index contributed by atoms with van der Waals surface area (Å²) in [6.45, 7) is 2.04. The maximum absolute atomic E-state index is 12.9. The predicted molar refractivity (Wildman–Crippen MR) is 84.7 cm³/mol. The molecule has 1 aromatic carbocycles. The molecule has 0 spiro atoms. The third kappa shape index (κ3) is 2.47. The number of aryl methyl sites for hydroxylation is 1. The van der Waals surface area contributed by atoms with Crippen molar-refractivity contribution in [1.82, 2.24) is 4.98 Å². The van der Waals surface area contributed by atoms with Gasteiger partial charge in [-0.1, -0.05) is 29.8 Å². The Morgan fingerprint density at radius 3 is 3.00 bits per heavy atom. The summed E-state index contributed by atoms with van der Waals surface area (Å²) in [6, 6.07) is 9.66. The molecule has 1 amide bonds. The first-order valence-electron chi connectivity index (χ1n) is 6.90. The van der Waals surface area contributed by atoms with Gasteiger partial charge in [0.05, 0.1) is 17.4 Å². The molecule has 1 unspecified atom stereocenters. The minimum Gasteiger partial charge on any atom is -0.397 e. The topological polar surface area (TPSA) is 59.2 Å². The highest BCUT2D eigenvalue weighted by molar-refractivity contribution is 6.33. The summed E-state index contributed by atoms with van der Waals surface area (Å²) in [7, 11) is 0. The average Bonchev–Trinajstić information content (AvgIpc) is 2.49. The normalized spacial score (nSPS) is 17.4. The first-order chi connectivity index (χ1) is 10.1. The molecule has 1 atom stereocenters. The van der Waals surface area contributed by atoms with E-state index in [1.165, 1.54) is 11.8 Å². The number of rotatable bonds is 1. The largest absolute Gasteiger partial charge is 0.397 e. The van der Waals surface area contributed by atoms with Crippen LogP contribution in [-0.2, 0) is 6.42 Å². The Hall–Kier alpha value is -2.07. The quantitative estimate of drug-likeness (QED) is 0.822. The average molecular weight is 302 g/mol. The second-order valence-corrected chi connectivity index (χ2v) is 5.66. The summed E-state index contributed by atoms with van der Waals surface area (Å²) in [5, 5.41) is 0.185. The van der Waals surface area contributed by atoms with Crippen molar-refractivity contribution in [1.29, 1.82) is 0 Å². The number of halogens is 1. The van der Waals surface area contributed by atoms with Crippen molar-refractivity contribution in [3.8, 4) is 0 Å². The minimum atomic E-state index is -0.153. The zero-order valence-electron chi connectivity index (χ0n) is 11.7. The van der Waals surface area contributed by atoms with Gasteiger partial charge in [0.1, 0.15) is 5.15 Å². The van der Waals surface area contributed by atoms with Crippen molar-refractivity contribution < 1.29 is 4.79 Å². The number of anilines is 2. The van der Waals surface area contributed by atoms with Crippen LogP contribution in [0.25, 0.3) is 0 Å². The predicted octanol–water partition coefficient (Wildman–Crippen LogP) is 3.30. The van der Waals surface area contributed by atoms with Gasteiger partial charge in [0.2, 0.25) is 0 Å². The number of hydrogen-bond donors (Lipinski definition) is 1. The van der Waals surface area contributed by atoms with Gasteiger partial charge in [-0.2, -0.15) is 0 Å². The maximum Gasteiger partial charge on any atom is 0.261 e. The highest BCUT2D eigenvalue weighted by atomic mass is 35.5. The molecule has 108 valence electrons. The van der Waals surface area contributed by atoms with Crippen molar-refractivity contribution in [2.75, 3.05) is 10.6 Å². The van der Waals surface area contributed by atoms with E-state index in [0.29, 0.717) is 11.3 Å². The lowest BCUT2D eigenvalue weighted by molar-refractivity contribution is 0.0975. The summed E-state index contributed by atoms with van der Waals surface area (Å²) in [5.41, 5.74) is 8.63. The first kappa shape index (κ1) is 13.9. The monoisotopic (exact) mass is 301 g/mol. The summed E-state index contributed by atoms with van der Waals surface area (Å²) in [5.74, 6) is -0.153. The van der Waals surface area contributed by atoms with E-state index in [9.17, 15) is 4.79 Å². The number of carbonyl (C=O) groups is 1. The number of benzene rings is 1. The van der Waals surface area contributed by atoms with Crippen molar-refractivity contribution in [2.24, 2.45) is 0 Å². The zero-order chi connectivity index (χ0) is 15.0. The second-order valence-electron chi connectivity index (χ2n) is 5.30. The van der Waals surface area contributed by atoms with Crippen molar-refractivity contribution in [3.63, 3.8) is 0 Å². The van der Waals surface area contributed by atoms with Crippen LogP contribution in [0.2, 0.25) is 5.15 Å². The van der Waals surface area contributed by atoms with Crippen LogP contribution >= 0.6 is 11.6 Å². The Morgan fingerprint density at radius 2 is 2.19 bits per heavy atom. The lowest BCUT2D eigenvalue weighted by atomic mass is 9.96. The Kier molecular flexibility index (Phi) is 3.55. The molecule has 21 heavy (non-hydrogen) atoms. The Balaban J connectivity index is 2.07. The van der Waals surface area contributed by atoms with E-state index in [0.717, 1.165) is 18.5 Å². The van der Waals surface area contributed by atoms with Gasteiger partial charge in [0.15, 0.2) is 0 Å². The van der Waals surface area contributed by atoms with Crippen LogP contribution in [-0.4, -0.2) is 16.9 Å². The number of amides is 1. The van der Waals surface area contributed by atoms with Gasteiger partial charge >= 0.3 is 0 Å². The van der Waals surface area contributed by atoms with Crippen molar-refractivity contribution in [3.05, 3.63) is 52.8 Å². The number of aromatic nitrogens is 1. The molecule has 1 aromatic heterocycles. The van der Waals surface area contributed by atoms with Gasteiger partial charge in [-0.15, -0.1) is 0 Å². The number of pyridine rings is 1. The molecule has 4 nitrogen and oxygen atoms in total. The molecular formula is C16H16ClN3O. The number of nitrogens with zero attached hydrogens (tertiary/aromatic N) is 2. The number of carbonyl (C=O) groups excluding carboxylic acids is 1. The fourth-order valence-corrected chi connectivity index (χ4v) is 2.93. The number of nitrogens with two attached hydrogens (primary N) is 1. The van der Waals surface area contributed by atoms with Gasteiger partial charge in [-0.25, -0.2) is 4.98 Å². The van der Waals surface area contributed by atoms with E-state index < -0.39 is 0 Å². The van der Waals surface area contributed by atoms with Gasteiger partial charge < -0.3 is 10.6 Å². The molecule has 0 saturated carbocycles. The van der Waals surface area contributed by atoms with Crippen LogP contribution < -0.4 is 10.6 Å². The third-order valence-corrected chi connectivity index (χ3v) is 4.13. The Labute approximate surface area is 128 Å². The molecule has 0 radical (unpaired) electrons. The minimum absolute atomic E-state index is 0.116. The Morgan fingerprint density at radius 1 is 1.43 bits per heavy atom. The van der Waals surface area contributed by atoms with Crippen LogP contribution in [0.15, 0.2) is 36.5 Å². The molecule has 1 aliphatic rings. The summed E-state index contributed by atoms with van der Waals surface area (Å²) in [6.07, 6.45) is 3.35. The first-order valence-corrected chi connectivity index (χ1v) is 7.28. The van der Waals surface area contributed by atoms with Crippen LogP contribution in [0.5, 0.6) is 0 Å². The number of nitrogen functional groups attached to an aromatic ring is 1. The maximum atomic E-state index is 12.9. The van der Waals surface area contributed by atoms with Gasteiger partial charge in [-0.3, -0.25) is 4.79 Å². The van der Waals surface area contributed by atoms with E-state index in [-0.39, 0.29) is 17.1 Å². The lowest BCUT2D eigenvalue weighted by Gasteiger charge is -2.35. The molecule has 1 aliphatic heterocycles. The fourth-order valence-electron chi connectivity index (χ4n) is 2.74. The van der Waals surface area contributed by atoms with E-state index in [2.05, 4.69) is 11.1 Å². The van der Waals surface area contributed by atoms with Crippen LogP contribution in [0, 0.1) is 0 Å². The van der Waals surface area contributed by atoms with Crippen molar-refractivity contribution in [2.45, 2.75) is 25.8 Å². The number of hydrogen-bond acceptors (Lipinski definition) is 3. The standard InChI is InChI=1S/C16H16ClN3O/c1-10-6-7-11-4-2-3-5-14(11)20(10)16(21)13-8-12(18)9-19-15(13)17/h2-5,8-10H,6-7,18H2,1H3. The second kappa shape index (κ2) is 5.37. The zero-order valence-corrected chi connectivity index (χ0v) is 12.5. The van der Waals surface area contributed by atoms with E-state index >= 15 is 0 Å². The fraction of sp³-hybridized carbons (Fsp3) is 0.250. The summed E-state index contributed by atoms with van der Waals surface area (Å²) in [4.78, 5) is 18.7. The smallest absolute Gasteiger partial charge is 0.261 e. The van der Waals surface area contributed by atoms with Gasteiger partial charge in [0, 0.05) is 11.7 Å². The van der Waals surface area contributed by atoms with Crippen LogP contribution in [0.3, 0.4) is 0 Å². The summed E-state index contributed by atoms with van der Waals surface area (Å²) >= 11 is 6.07. The SMILES string of the molecule is CC1CCc2ccccc2N1C(=O)c1cc(N)cnc1Cl. The lowest BCUT2D eigenvalue weighted by Crippen LogP contribution is -2.42. The van der Waals surface area contributed by atoms with Crippen molar-refractivity contribution >= 4 is 28.9 Å².